The average molecular weight is 399 g/mol. The molecule has 1 N–H and O–H groups in total. The molecule has 2 aromatic heterocycles. The lowest BCUT2D eigenvalue weighted by Gasteiger charge is -2.18. The van der Waals surface area contributed by atoms with Crippen LogP contribution in [0.2, 0.25) is 0 Å². The fraction of sp³-hybridized carbons (Fsp3) is 0.292. The molecule has 0 unspecified atom stereocenters. The summed E-state index contributed by atoms with van der Waals surface area (Å²) >= 11 is 0. The van der Waals surface area contributed by atoms with Crippen LogP contribution in [0.1, 0.15) is 37.4 Å². The number of nitrogens with one attached hydrogen (secondary N) is 1. The van der Waals surface area contributed by atoms with Gasteiger partial charge in [-0.2, -0.15) is 5.10 Å². The monoisotopic (exact) mass is 399 g/mol. The number of ether oxygens (including phenoxy) is 1. The van der Waals surface area contributed by atoms with Gasteiger partial charge in [0.05, 0.1) is 17.8 Å². The topological polar surface area (TPSA) is 64.9 Å². The minimum absolute atomic E-state index is 0.393. The van der Waals surface area contributed by atoms with Gasteiger partial charge in [-0.1, -0.05) is 26.0 Å². The van der Waals surface area contributed by atoms with Gasteiger partial charge in [-0.05, 0) is 48.6 Å². The van der Waals surface area contributed by atoms with Crippen LogP contribution in [0.5, 0.6) is 5.75 Å². The number of hydrogen-bond acceptors (Lipinski definition) is 5. The van der Waals surface area contributed by atoms with Crippen LogP contribution in [0.15, 0.2) is 48.7 Å². The molecule has 0 amide bonds. The highest BCUT2D eigenvalue weighted by molar-refractivity contribution is 5.86. The quantitative estimate of drug-likeness (QED) is 0.509. The summed E-state index contributed by atoms with van der Waals surface area (Å²) in [5.74, 6) is 1.91. The van der Waals surface area contributed by atoms with E-state index in [2.05, 4.69) is 59.6 Å². The van der Waals surface area contributed by atoms with E-state index in [0.717, 1.165) is 47.7 Å². The first-order valence-corrected chi connectivity index (χ1v) is 10.4. The summed E-state index contributed by atoms with van der Waals surface area (Å²) in [5.41, 5.74) is 6.35. The predicted molar refractivity (Wildman–Crippen MR) is 119 cm³/mol. The summed E-state index contributed by atoms with van der Waals surface area (Å²) in [6.45, 7) is 5.16. The highest BCUT2D eigenvalue weighted by Gasteiger charge is 2.14. The lowest BCUT2D eigenvalue weighted by Crippen LogP contribution is -2.08. The van der Waals surface area contributed by atoms with E-state index in [9.17, 15) is 0 Å². The third-order valence-electron chi connectivity index (χ3n) is 5.55. The molecule has 1 aliphatic heterocycles. The normalized spacial score (nSPS) is 13.3. The van der Waals surface area contributed by atoms with E-state index in [-0.39, 0.29) is 0 Å². The highest BCUT2D eigenvalue weighted by Crippen LogP contribution is 2.31. The molecule has 152 valence electrons. The summed E-state index contributed by atoms with van der Waals surface area (Å²) in [4.78, 5) is 9.15. The molecule has 0 radical (unpaired) electrons. The molecule has 0 aliphatic carbocycles. The molecular formula is C24H25N5O. The van der Waals surface area contributed by atoms with Crippen LogP contribution in [0.3, 0.4) is 0 Å². The molecule has 1 aliphatic rings. The van der Waals surface area contributed by atoms with Crippen LogP contribution in [-0.4, -0.2) is 26.4 Å². The van der Waals surface area contributed by atoms with Crippen LogP contribution >= 0.6 is 0 Å². The van der Waals surface area contributed by atoms with Crippen molar-refractivity contribution < 1.29 is 4.74 Å². The summed E-state index contributed by atoms with van der Waals surface area (Å²) in [6, 6.07) is 14.4. The number of fused-ring (bicyclic) bond motifs is 2. The van der Waals surface area contributed by atoms with E-state index < -0.39 is 0 Å². The second-order valence-corrected chi connectivity index (χ2v) is 8.06. The van der Waals surface area contributed by atoms with Crippen molar-refractivity contribution in [3.05, 3.63) is 59.9 Å². The maximum atomic E-state index is 5.78. The van der Waals surface area contributed by atoms with Crippen molar-refractivity contribution in [1.82, 2.24) is 19.7 Å². The summed E-state index contributed by atoms with van der Waals surface area (Å²) in [6.07, 6.45) is 3.93. The molecule has 6 nitrogen and oxygen atoms in total. The summed E-state index contributed by atoms with van der Waals surface area (Å²) in [5, 5.41) is 9.13. The van der Waals surface area contributed by atoms with Gasteiger partial charge in [0.25, 0.3) is 0 Å². The van der Waals surface area contributed by atoms with Crippen molar-refractivity contribution in [2.75, 3.05) is 11.9 Å². The van der Waals surface area contributed by atoms with E-state index in [0.29, 0.717) is 11.9 Å². The van der Waals surface area contributed by atoms with Crippen molar-refractivity contribution in [2.24, 2.45) is 7.05 Å². The Bertz CT molecular complexity index is 1230. The Morgan fingerprint density at radius 2 is 2.00 bits per heavy atom. The standard InChI is InChI=1S/C24H25N5O/c1-15(2)23-19-13-17(7-9-21(19)28-29(23)3)20-10-11-25-24(27-20)26-18-8-6-16-5-4-12-30-22(16)14-18/h6-11,13-15H,4-5,12H2,1-3H3,(H,25,26,27). The van der Waals surface area contributed by atoms with Crippen LogP contribution in [0.25, 0.3) is 22.2 Å². The van der Waals surface area contributed by atoms with E-state index in [1.165, 1.54) is 16.6 Å². The minimum atomic E-state index is 0.393. The molecule has 4 aromatic rings. The van der Waals surface area contributed by atoms with E-state index in [1.54, 1.807) is 6.20 Å². The number of nitrogens with zero attached hydrogens (tertiary/aromatic N) is 4. The Morgan fingerprint density at radius 1 is 1.10 bits per heavy atom. The van der Waals surface area contributed by atoms with Crippen LogP contribution < -0.4 is 10.1 Å². The third-order valence-corrected chi connectivity index (χ3v) is 5.55. The smallest absolute Gasteiger partial charge is 0.227 e. The van der Waals surface area contributed by atoms with Crippen LogP contribution in [0.4, 0.5) is 11.6 Å². The van der Waals surface area contributed by atoms with Gasteiger partial charge in [0, 0.05) is 41.6 Å². The number of aryl methyl sites for hydroxylation is 2. The summed E-state index contributed by atoms with van der Waals surface area (Å²) < 4.78 is 7.76. The van der Waals surface area contributed by atoms with Gasteiger partial charge in [0.15, 0.2) is 0 Å². The van der Waals surface area contributed by atoms with Crippen molar-refractivity contribution >= 4 is 22.5 Å². The van der Waals surface area contributed by atoms with Gasteiger partial charge in [0.1, 0.15) is 5.75 Å². The fourth-order valence-corrected chi connectivity index (χ4v) is 4.19. The molecule has 0 spiro atoms. The Labute approximate surface area is 175 Å². The SMILES string of the molecule is CC(C)c1c2cc(-c3ccnc(Nc4ccc5c(c4)OCCC5)n3)ccc2nn1C. The van der Waals surface area contributed by atoms with Crippen molar-refractivity contribution in [1.29, 1.82) is 0 Å². The average Bonchev–Trinajstić information content (AvgIpc) is 3.09. The van der Waals surface area contributed by atoms with Crippen molar-refractivity contribution in [3.8, 4) is 17.0 Å². The van der Waals surface area contributed by atoms with E-state index in [4.69, 9.17) is 9.72 Å². The second-order valence-electron chi connectivity index (χ2n) is 8.06. The van der Waals surface area contributed by atoms with Gasteiger partial charge < -0.3 is 10.1 Å². The molecule has 0 saturated heterocycles. The number of aromatic nitrogens is 4. The van der Waals surface area contributed by atoms with Gasteiger partial charge in [-0.15, -0.1) is 0 Å². The van der Waals surface area contributed by atoms with Gasteiger partial charge in [0.2, 0.25) is 5.95 Å². The summed E-state index contributed by atoms with van der Waals surface area (Å²) in [7, 11) is 2.00. The van der Waals surface area contributed by atoms with Gasteiger partial charge in [-0.25, -0.2) is 9.97 Å². The molecule has 0 saturated carbocycles. The fourth-order valence-electron chi connectivity index (χ4n) is 4.19. The molecule has 3 heterocycles. The number of benzene rings is 2. The number of hydrogen-bond donors (Lipinski definition) is 1. The van der Waals surface area contributed by atoms with Crippen molar-refractivity contribution in [2.45, 2.75) is 32.6 Å². The van der Waals surface area contributed by atoms with Gasteiger partial charge in [-0.3, -0.25) is 4.68 Å². The first-order valence-electron chi connectivity index (χ1n) is 10.4. The molecule has 30 heavy (non-hydrogen) atoms. The highest BCUT2D eigenvalue weighted by atomic mass is 16.5. The molecule has 5 rings (SSSR count). The van der Waals surface area contributed by atoms with Crippen LogP contribution in [0, 0.1) is 0 Å². The zero-order chi connectivity index (χ0) is 20.7. The third kappa shape index (κ3) is 3.38. The Hall–Kier alpha value is -3.41. The second kappa shape index (κ2) is 7.44. The molecule has 6 heteroatoms. The van der Waals surface area contributed by atoms with Gasteiger partial charge >= 0.3 is 0 Å². The lowest BCUT2D eigenvalue weighted by molar-refractivity contribution is 0.288. The minimum Gasteiger partial charge on any atom is -0.493 e. The van der Waals surface area contributed by atoms with E-state index >= 15 is 0 Å². The Morgan fingerprint density at radius 3 is 2.87 bits per heavy atom. The first-order chi connectivity index (χ1) is 14.6. The zero-order valence-corrected chi connectivity index (χ0v) is 17.5. The molecule has 0 atom stereocenters. The molecule has 0 fully saturated rings. The number of anilines is 2. The largest absolute Gasteiger partial charge is 0.493 e. The zero-order valence-electron chi connectivity index (χ0n) is 17.5. The first kappa shape index (κ1) is 18.6. The number of rotatable bonds is 4. The molecule has 0 bridgehead atoms. The lowest BCUT2D eigenvalue weighted by atomic mass is 10.0. The van der Waals surface area contributed by atoms with Crippen molar-refractivity contribution in [3.63, 3.8) is 0 Å². The van der Waals surface area contributed by atoms with E-state index in [1.807, 2.05) is 23.9 Å². The van der Waals surface area contributed by atoms with Crippen LogP contribution in [-0.2, 0) is 13.5 Å². The maximum Gasteiger partial charge on any atom is 0.227 e. The molecule has 2 aromatic carbocycles. The molecular weight excluding hydrogens is 374 g/mol. The predicted octanol–water partition coefficient (Wildman–Crippen LogP) is 5.22. The maximum absolute atomic E-state index is 5.78. The Balaban J connectivity index is 1.47. The Kier molecular flexibility index (Phi) is 4.62.